The number of likely N-dealkylation sites (tertiary alicyclic amines) is 1. The van der Waals surface area contributed by atoms with Crippen LogP contribution in [0.5, 0.6) is 0 Å². The molecule has 1 amide bonds. The third-order valence-electron chi connectivity index (χ3n) is 5.77. The highest BCUT2D eigenvalue weighted by Gasteiger charge is 2.26. The van der Waals surface area contributed by atoms with Crippen molar-refractivity contribution >= 4 is 5.91 Å². The molecule has 0 spiro atoms. The van der Waals surface area contributed by atoms with Crippen molar-refractivity contribution in [2.75, 3.05) is 27.2 Å². The number of aromatic nitrogens is 3. The van der Waals surface area contributed by atoms with Crippen LogP contribution >= 0.6 is 0 Å². The Morgan fingerprint density at radius 3 is 2.40 bits per heavy atom. The molecule has 7 heteroatoms. The molecular formula is C23H26FN5O. The summed E-state index contributed by atoms with van der Waals surface area (Å²) in [4.78, 5) is 26.0. The van der Waals surface area contributed by atoms with Gasteiger partial charge in [0.1, 0.15) is 11.5 Å². The van der Waals surface area contributed by atoms with Crippen molar-refractivity contribution in [1.82, 2.24) is 24.3 Å². The van der Waals surface area contributed by atoms with Gasteiger partial charge in [-0.15, -0.1) is 0 Å². The van der Waals surface area contributed by atoms with Gasteiger partial charge in [0, 0.05) is 61.5 Å². The highest BCUT2D eigenvalue weighted by Crippen LogP contribution is 2.24. The van der Waals surface area contributed by atoms with Crippen LogP contribution < -0.4 is 0 Å². The maximum absolute atomic E-state index is 13.4. The molecule has 1 aliphatic rings. The van der Waals surface area contributed by atoms with E-state index >= 15 is 0 Å². The number of carbonyl (C=O) groups is 1. The molecule has 0 saturated carbocycles. The van der Waals surface area contributed by atoms with E-state index in [4.69, 9.17) is 0 Å². The van der Waals surface area contributed by atoms with Gasteiger partial charge >= 0.3 is 0 Å². The predicted octanol–water partition coefficient (Wildman–Crippen LogP) is 3.45. The standard InChI is InChI=1S/C23H26FN5O/c1-27(2)20-7-9-29(10-8-20)23(30)21-12-17(15-28(21)3)18-13-25-22(26-14-18)16-5-4-6-19(24)11-16/h4-6,11-15,20H,7-10H2,1-3H3. The lowest BCUT2D eigenvalue weighted by Crippen LogP contribution is -2.44. The molecule has 1 fully saturated rings. The van der Waals surface area contributed by atoms with E-state index in [2.05, 4.69) is 29.0 Å². The molecule has 3 heterocycles. The molecule has 0 atom stereocenters. The SMILES string of the molecule is CN(C)C1CCN(C(=O)c2cc(-c3cnc(-c4cccc(F)c4)nc3)cn2C)CC1. The summed E-state index contributed by atoms with van der Waals surface area (Å²) in [5.74, 6) is 0.202. The Labute approximate surface area is 176 Å². The maximum Gasteiger partial charge on any atom is 0.270 e. The lowest BCUT2D eigenvalue weighted by Gasteiger charge is -2.35. The number of rotatable bonds is 4. The molecule has 0 bridgehead atoms. The van der Waals surface area contributed by atoms with Crippen LogP contribution in [0.15, 0.2) is 48.9 Å². The molecule has 6 nitrogen and oxygen atoms in total. The number of halogens is 1. The zero-order valence-corrected chi connectivity index (χ0v) is 17.5. The number of benzene rings is 1. The van der Waals surface area contributed by atoms with Crippen molar-refractivity contribution < 1.29 is 9.18 Å². The van der Waals surface area contributed by atoms with Crippen molar-refractivity contribution in [3.05, 3.63) is 60.4 Å². The average Bonchev–Trinajstić information content (AvgIpc) is 3.15. The molecule has 0 unspecified atom stereocenters. The second kappa shape index (κ2) is 8.36. The lowest BCUT2D eigenvalue weighted by atomic mass is 10.0. The fourth-order valence-electron chi connectivity index (χ4n) is 3.94. The summed E-state index contributed by atoms with van der Waals surface area (Å²) < 4.78 is 15.3. The summed E-state index contributed by atoms with van der Waals surface area (Å²) >= 11 is 0. The number of nitrogens with zero attached hydrogens (tertiary/aromatic N) is 5. The van der Waals surface area contributed by atoms with Crippen LogP contribution in [0.4, 0.5) is 4.39 Å². The minimum Gasteiger partial charge on any atom is -0.346 e. The summed E-state index contributed by atoms with van der Waals surface area (Å²) in [6.07, 6.45) is 7.32. The summed E-state index contributed by atoms with van der Waals surface area (Å²) in [5.41, 5.74) is 2.99. The Bertz CT molecular complexity index is 1040. The second-order valence-electron chi connectivity index (χ2n) is 8.02. The first-order valence-electron chi connectivity index (χ1n) is 10.1. The number of amides is 1. The van der Waals surface area contributed by atoms with Crippen molar-refractivity contribution in [3.8, 4) is 22.5 Å². The monoisotopic (exact) mass is 407 g/mol. The van der Waals surface area contributed by atoms with Gasteiger partial charge in [0.15, 0.2) is 5.82 Å². The largest absolute Gasteiger partial charge is 0.346 e. The van der Waals surface area contributed by atoms with Crippen LogP contribution in [0.1, 0.15) is 23.3 Å². The highest BCUT2D eigenvalue weighted by atomic mass is 19.1. The van der Waals surface area contributed by atoms with Gasteiger partial charge in [-0.05, 0) is 45.1 Å². The Balaban J connectivity index is 1.50. The van der Waals surface area contributed by atoms with Crippen LogP contribution in [0.3, 0.4) is 0 Å². The maximum atomic E-state index is 13.4. The van der Waals surface area contributed by atoms with Gasteiger partial charge in [0.05, 0.1) is 0 Å². The van der Waals surface area contributed by atoms with Gasteiger partial charge in [-0.25, -0.2) is 14.4 Å². The number of hydrogen-bond acceptors (Lipinski definition) is 4. The molecule has 0 aliphatic carbocycles. The first kappa shape index (κ1) is 20.2. The molecule has 156 valence electrons. The van der Waals surface area contributed by atoms with Gasteiger partial charge in [-0.2, -0.15) is 0 Å². The zero-order chi connectivity index (χ0) is 21.3. The van der Waals surface area contributed by atoms with Gasteiger partial charge in [0.2, 0.25) is 0 Å². The number of hydrogen-bond donors (Lipinski definition) is 0. The van der Waals surface area contributed by atoms with E-state index in [1.165, 1.54) is 12.1 Å². The van der Waals surface area contributed by atoms with Crippen molar-refractivity contribution in [2.24, 2.45) is 7.05 Å². The fourth-order valence-corrected chi connectivity index (χ4v) is 3.94. The summed E-state index contributed by atoms with van der Waals surface area (Å²) in [7, 11) is 6.06. The van der Waals surface area contributed by atoms with Gasteiger partial charge in [-0.1, -0.05) is 12.1 Å². The summed E-state index contributed by atoms with van der Waals surface area (Å²) in [6.45, 7) is 1.54. The topological polar surface area (TPSA) is 54.3 Å². The van der Waals surface area contributed by atoms with E-state index in [0.29, 0.717) is 23.1 Å². The van der Waals surface area contributed by atoms with Crippen LogP contribution in [0.2, 0.25) is 0 Å². The second-order valence-corrected chi connectivity index (χ2v) is 8.02. The smallest absolute Gasteiger partial charge is 0.270 e. The molecule has 2 aromatic heterocycles. The van der Waals surface area contributed by atoms with E-state index in [1.54, 1.807) is 24.5 Å². The predicted molar refractivity (Wildman–Crippen MR) is 114 cm³/mol. The Hall–Kier alpha value is -3.06. The Kier molecular flexibility index (Phi) is 5.63. The van der Waals surface area contributed by atoms with Gasteiger partial charge < -0.3 is 14.4 Å². The first-order chi connectivity index (χ1) is 14.4. The number of piperidine rings is 1. The first-order valence-corrected chi connectivity index (χ1v) is 10.1. The quantitative estimate of drug-likeness (QED) is 0.665. The molecule has 3 aromatic rings. The van der Waals surface area contributed by atoms with Crippen LogP contribution in [-0.4, -0.2) is 63.5 Å². The van der Waals surface area contributed by atoms with E-state index in [-0.39, 0.29) is 11.7 Å². The van der Waals surface area contributed by atoms with Gasteiger partial charge in [-0.3, -0.25) is 4.79 Å². The van der Waals surface area contributed by atoms with Crippen molar-refractivity contribution in [1.29, 1.82) is 0 Å². The van der Waals surface area contributed by atoms with E-state index < -0.39 is 0 Å². The van der Waals surface area contributed by atoms with Gasteiger partial charge in [0.25, 0.3) is 5.91 Å². The lowest BCUT2D eigenvalue weighted by molar-refractivity contribution is 0.0654. The molecule has 1 aromatic carbocycles. The molecule has 0 radical (unpaired) electrons. The van der Waals surface area contributed by atoms with E-state index in [9.17, 15) is 9.18 Å². The minimum atomic E-state index is -0.319. The van der Waals surface area contributed by atoms with Crippen molar-refractivity contribution in [2.45, 2.75) is 18.9 Å². The van der Waals surface area contributed by atoms with Crippen LogP contribution in [-0.2, 0) is 7.05 Å². The molecule has 4 rings (SSSR count). The molecule has 0 N–H and O–H groups in total. The Morgan fingerprint density at radius 2 is 1.77 bits per heavy atom. The minimum absolute atomic E-state index is 0.0539. The normalized spacial score (nSPS) is 15.0. The fraction of sp³-hybridized carbons (Fsp3) is 0.348. The third kappa shape index (κ3) is 4.11. The zero-order valence-electron chi connectivity index (χ0n) is 17.5. The number of aryl methyl sites for hydroxylation is 1. The third-order valence-corrected chi connectivity index (χ3v) is 5.77. The van der Waals surface area contributed by atoms with E-state index in [0.717, 1.165) is 37.1 Å². The molecule has 1 saturated heterocycles. The molecule has 30 heavy (non-hydrogen) atoms. The van der Waals surface area contributed by atoms with Crippen LogP contribution in [0.25, 0.3) is 22.5 Å². The Morgan fingerprint density at radius 1 is 1.07 bits per heavy atom. The van der Waals surface area contributed by atoms with E-state index in [1.807, 2.05) is 28.8 Å². The summed E-state index contributed by atoms with van der Waals surface area (Å²) in [6, 6.07) is 8.64. The summed E-state index contributed by atoms with van der Waals surface area (Å²) in [5, 5.41) is 0. The van der Waals surface area contributed by atoms with Crippen LogP contribution in [0, 0.1) is 5.82 Å². The van der Waals surface area contributed by atoms with Crippen molar-refractivity contribution in [3.63, 3.8) is 0 Å². The average molecular weight is 407 g/mol. The highest BCUT2D eigenvalue weighted by molar-refractivity contribution is 5.94. The molecule has 1 aliphatic heterocycles. The molecular weight excluding hydrogens is 381 g/mol. The number of carbonyl (C=O) groups excluding carboxylic acids is 1.